The van der Waals surface area contributed by atoms with Crippen molar-refractivity contribution in [3.05, 3.63) is 75.3 Å². The number of hydrogen-bond donors (Lipinski definition) is 1. The summed E-state index contributed by atoms with van der Waals surface area (Å²) in [6.07, 6.45) is 1.89. The molecule has 0 atom stereocenters. The molecule has 2 aromatic rings. The van der Waals surface area contributed by atoms with Crippen molar-refractivity contribution >= 4 is 24.7 Å². The Balaban J connectivity index is 2.37. The highest BCUT2D eigenvalue weighted by molar-refractivity contribution is 6.41. The Morgan fingerprint density at radius 3 is 2.35 bits per heavy atom. The van der Waals surface area contributed by atoms with Gasteiger partial charge in [-0.3, -0.25) is 13.6 Å². The van der Waals surface area contributed by atoms with Crippen LogP contribution in [0.25, 0.3) is 5.57 Å². The third-order valence-electron chi connectivity index (χ3n) is 5.29. The first-order valence-corrected chi connectivity index (χ1v) is 9.97. The van der Waals surface area contributed by atoms with Gasteiger partial charge in [0.15, 0.2) is 0 Å². The second-order valence-electron chi connectivity index (χ2n) is 8.18. The van der Waals surface area contributed by atoms with Crippen molar-refractivity contribution in [2.24, 2.45) is 4.99 Å². The van der Waals surface area contributed by atoms with E-state index in [-0.39, 0.29) is 5.56 Å². The molecule has 1 aliphatic rings. The molecule has 2 heterocycles. The first-order valence-electron chi connectivity index (χ1n) is 9.97. The van der Waals surface area contributed by atoms with Gasteiger partial charge in [0.05, 0.1) is 11.3 Å². The zero-order chi connectivity index (χ0) is 23.0. The number of aliphatic imine (C=N–C) groups is 1. The Hall–Kier alpha value is -3.00. The summed E-state index contributed by atoms with van der Waals surface area (Å²) in [6, 6.07) is 6.83. The van der Waals surface area contributed by atoms with E-state index in [2.05, 4.69) is 4.99 Å². The molecular weight excluding hydrogens is 399 g/mol. The third kappa shape index (κ3) is 4.39. The molecule has 1 N–H and O–H groups in total. The number of halogens is 2. The molecule has 5 nitrogen and oxygen atoms in total. The first kappa shape index (κ1) is 22.7. The number of aromatic nitrogens is 1. The molecule has 1 aliphatic heterocycles. The lowest BCUT2D eigenvalue weighted by Crippen LogP contribution is -2.19. The van der Waals surface area contributed by atoms with Crippen molar-refractivity contribution in [2.45, 2.75) is 34.2 Å². The SMILES string of the molecule is CC1=CC(C)=N/C1=C(/c1ccc(CN(C)C)c(C(=O)O)c1)c1c(C)cc(C)n1B(F)F. The van der Waals surface area contributed by atoms with Crippen LogP contribution in [0.3, 0.4) is 0 Å². The lowest BCUT2D eigenvalue weighted by molar-refractivity contribution is 0.0695. The van der Waals surface area contributed by atoms with Gasteiger partial charge < -0.3 is 14.5 Å². The summed E-state index contributed by atoms with van der Waals surface area (Å²) in [5, 5.41) is 9.82. The molecule has 162 valence electrons. The maximum atomic E-state index is 14.0. The highest BCUT2D eigenvalue weighted by atomic mass is 19.2. The molecule has 3 rings (SSSR count). The van der Waals surface area contributed by atoms with Crippen LogP contribution in [0.15, 0.2) is 46.6 Å². The van der Waals surface area contributed by atoms with Gasteiger partial charge in [0.2, 0.25) is 0 Å². The maximum Gasteiger partial charge on any atom is 0.677 e. The molecule has 0 unspecified atom stereocenters. The van der Waals surface area contributed by atoms with E-state index in [9.17, 15) is 18.5 Å². The summed E-state index contributed by atoms with van der Waals surface area (Å²) in [5.41, 5.74) is 5.53. The molecular formula is C23H26BF2N3O2. The lowest BCUT2D eigenvalue weighted by Gasteiger charge is -2.19. The van der Waals surface area contributed by atoms with Crippen LogP contribution in [-0.4, -0.2) is 47.7 Å². The van der Waals surface area contributed by atoms with Gasteiger partial charge >= 0.3 is 13.4 Å². The minimum absolute atomic E-state index is 0.147. The summed E-state index contributed by atoms with van der Waals surface area (Å²) in [5.74, 6) is -1.06. The van der Waals surface area contributed by atoms with Crippen molar-refractivity contribution in [1.29, 1.82) is 0 Å². The summed E-state index contributed by atoms with van der Waals surface area (Å²) in [7, 11) is 0.986. The smallest absolute Gasteiger partial charge is 0.478 e. The van der Waals surface area contributed by atoms with Gasteiger partial charge in [-0.15, -0.1) is 0 Å². The fourth-order valence-corrected chi connectivity index (χ4v) is 4.11. The zero-order valence-corrected chi connectivity index (χ0v) is 18.6. The number of rotatable bonds is 6. The van der Waals surface area contributed by atoms with Gasteiger partial charge in [-0.1, -0.05) is 12.1 Å². The quantitative estimate of drug-likeness (QED) is 0.676. The maximum absolute atomic E-state index is 14.0. The van der Waals surface area contributed by atoms with Gasteiger partial charge in [0.25, 0.3) is 0 Å². The normalized spacial score (nSPS) is 15.3. The van der Waals surface area contributed by atoms with Crippen molar-refractivity contribution in [3.8, 4) is 0 Å². The van der Waals surface area contributed by atoms with E-state index in [1.54, 1.807) is 38.1 Å². The minimum Gasteiger partial charge on any atom is -0.478 e. The fraction of sp³-hybridized carbons (Fsp3) is 0.304. The van der Waals surface area contributed by atoms with E-state index in [4.69, 9.17) is 0 Å². The van der Waals surface area contributed by atoms with Crippen LogP contribution in [0.4, 0.5) is 8.63 Å². The van der Waals surface area contributed by atoms with Gasteiger partial charge in [0, 0.05) is 29.2 Å². The highest BCUT2D eigenvalue weighted by Gasteiger charge is 2.29. The number of allylic oxidation sites excluding steroid dienone is 2. The van der Waals surface area contributed by atoms with Crippen LogP contribution < -0.4 is 0 Å². The number of nitrogens with zero attached hydrogens (tertiary/aromatic N) is 3. The number of benzene rings is 1. The fourth-order valence-electron chi connectivity index (χ4n) is 4.11. The third-order valence-corrected chi connectivity index (χ3v) is 5.29. The van der Waals surface area contributed by atoms with Gasteiger partial charge in [-0.05, 0) is 82.3 Å². The van der Waals surface area contributed by atoms with Gasteiger partial charge in [0.1, 0.15) is 0 Å². The number of carboxylic acid groups (broad SMARTS) is 1. The van der Waals surface area contributed by atoms with Crippen molar-refractivity contribution in [1.82, 2.24) is 9.38 Å². The number of aryl methyl sites for hydroxylation is 2. The van der Waals surface area contributed by atoms with Crippen LogP contribution in [0.1, 0.15) is 52.3 Å². The van der Waals surface area contributed by atoms with E-state index in [0.29, 0.717) is 45.9 Å². The van der Waals surface area contributed by atoms with Crippen LogP contribution in [0.5, 0.6) is 0 Å². The summed E-state index contributed by atoms with van der Waals surface area (Å²) < 4.78 is 29.1. The van der Waals surface area contributed by atoms with Crippen LogP contribution >= 0.6 is 0 Å². The molecule has 1 aromatic heterocycles. The van der Waals surface area contributed by atoms with Crippen LogP contribution in [0, 0.1) is 13.8 Å². The van der Waals surface area contributed by atoms with Crippen molar-refractivity contribution < 1.29 is 18.5 Å². The van der Waals surface area contributed by atoms with Crippen LogP contribution in [0.2, 0.25) is 0 Å². The monoisotopic (exact) mass is 425 g/mol. The predicted octanol–water partition coefficient (Wildman–Crippen LogP) is 4.82. The Kier molecular flexibility index (Phi) is 6.31. The molecule has 0 bridgehead atoms. The van der Waals surface area contributed by atoms with Gasteiger partial charge in [-0.25, -0.2) is 4.79 Å². The van der Waals surface area contributed by atoms with E-state index in [1.165, 1.54) is 0 Å². The van der Waals surface area contributed by atoms with Crippen molar-refractivity contribution in [2.75, 3.05) is 14.1 Å². The van der Waals surface area contributed by atoms with E-state index < -0.39 is 13.4 Å². The molecule has 8 heteroatoms. The highest BCUT2D eigenvalue weighted by Crippen LogP contribution is 2.37. The Morgan fingerprint density at radius 2 is 1.84 bits per heavy atom. The topological polar surface area (TPSA) is 57.8 Å². The standard InChI is InChI=1S/C23H26BF2N3O2/c1-13-9-15(3)27-21(13)20(22-14(2)10-16(4)29(22)24(25)26)17-7-8-18(12-28(5)6)19(11-17)23(30)31/h7-11H,12H2,1-6H3,(H,30,31)/b21-20-. The van der Waals surface area contributed by atoms with E-state index >= 15 is 0 Å². The molecule has 0 saturated heterocycles. The van der Waals surface area contributed by atoms with Crippen LogP contribution in [-0.2, 0) is 6.54 Å². The number of carbonyl (C=O) groups is 1. The summed E-state index contributed by atoms with van der Waals surface area (Å²) in [4.78, 5) is 18.5. The number of hydrogen-bond acceptors (Lipinski definition) is 3. The van der Waals surface area contributed by atoms with Crippen molar-refractivity contribution in [3.63, 3.8) is 0 Å². The Bertz CT molecular complexity index is 1140. The molecule has 31 heavy (non-hydrogen) atoms. The summed E-state index contributed by atoms with van der Waals surface area (Å²) in [6.45, 7) is 7.60. The Labute approximate surface area is 181 Å². The number of carboxylic acids is 1. The second-order valence-corrected chi connectivity index (χ2v) is 8.18. The predicted molar refractivity (Wildman–Crippen MR) is 121 cm³/mol. The van der Waals surface area contributed by atoms with E-state index in [1.807, 2.05) is 38.9 Å². The average Bonchev–Trinajstić information content (AvgIpc) is 3.13. The molecule has 0 radical (unpaired) electrons. The zero-order valence-electron chi connectivity index (χ0n) is 18.6. The minimum atomic E-state index is -2.73. The first-order chi connectivity index (χ1) is 14.5. The molecule has 0 amide bonds. The summed E-state index contributed by atoms with van der Waals surface area (Å²) >= 11 is 0. The Morgan fingerprint density at radius 1 is 1.16 bits per heavy atom. The van der Waals surface area contributed by atoms with Gasteiger partial charge in [-0.2, -0.15) is 0 Å². The van der Waals surface area contributed by atoms with E-state index in [0.717, 1.165) is 15.8 Å². The number of aromatic carboxylic acids is 1. The average molecular weight is 425 g/mol. The molecule has 0 saturated carbocycles. The molecule has 0 fully saturated rings. The lowest BCUT2D eigenvalue weighted by atomic mass is 9.92. The molecule has 0 aliphatic carbocycles. The molecule has 1 aromatic carbocycles. The largest absolute Gasteiger partial charge is 0.677 e. The molecule has 0 spiro atoms. The second kappa shape index (κ2) is 8.63.